The van der Waals surface area contributed by atoms with E-state index in [2.05, 4.69) is 31.0 Å². The first-order chi connectivity index (χ1) is 7.63. The van der Waals surface area contributed by atoms with Crippen LogP contribution in [0.1, 0.15) is 33.6 Å². The molecule has 1 saturated heterocycles. The Labute approximate surface area is 101 Å². The maximum Gasteiger partial charge on any atom is 0.0589 e. The van der Waals surface area contributed by atoms with Crippen LogP contribution < -0.4 is 5.32 Å². The maximum atomic E-state index is 5.20. The Morgan fingerprint density at radius 3 is 2.62 bits per heavy atom. The summed E-state index contributed by atoms with van der Waals surface area (Å²) >= 11 is 0. The highest BCUT2D eigenvalue weighted by Crippen LogP contribution is 2.15. The summed E-state index contributed by atoms with van der Waals surface area (Å²) in [6, 6.07) is 1.40. The molecule has 1 heterocycles. The summed E-state index contributed by atoms with van der Waals surface area (Å²) in [6.45, 7) is 11.1. The molecule has 0 spiro atoms. The lowest BCUT2D eigenvalue weighted by Crippen LogP contribution is -2.50. The minimum absolute atomic E-state index is 0.694. The number of methoxy groups -OCH3 is 1. The molecule has 1 fully saturated rings. The molecule has 3 heteroatoms. The molecular weight excluding hydrogens is 200 g/mol. The second-order valence-electron chi connectivity index (χ2n) is 5.42. The molecule has 3 nitrogen and oxygen atoms in total. The minimum atomic E-state index is 0.694. The van der Waals surface area contributed by atoms with E-state index in [0.717, 1.165) is 25.6 Å². The standard InChI is InChI=1S/C13H28N2O/c1-11(2)10-15(7-8-16-4)13-6-5-12(3)14-9-13/h11-14H,5-10H2,1-4H3. The third-order valence-electron chi connectivity index (χ3n) is 3.33. The Morgan fingerprint density at radius 1 is 1.38 bits per heavy atom. The molecule has 2 atom stereocenters. The first-order valence-electron chi connectivity index (χ1n) is 6.59. The van der Waals surface area contributed by atoms with Gasteiger partial charge in [0, 0.05) is 38.8 Å². The zero-order chi connectivity index (χ0) is 12.0. The summed E-state index contributed by atoms with van der Waals surface area (Å²) in [5, 5.41) is 3.58. The van der Waals surface area contributed by atoms with Crippen LogP contribution in [0.15, 0.2) is 0 Å². The lowest BCUT2D eigenvalue weighted by Gasteiger charge is -2.37. The Hall–Kier alpha value is -0.120. The molecule has 0 aromatic carbocycles. The van der Waals surface area contributed by atoms with E-state index in [9.17, 15) is 0 Å². The molecule has 0 radical (unpaired) electrons. The average molecular weight is 228 g/mol. The predicted octanol–water partition coefficient (Wildman–Crippen LogP) is 1.73. The Morgan fingerprint density at radius 2 is 2.12 bits per heavy atom. The van der Waals surface area contributed by atoms with Gasteiger partial charge < -0.3 is 10.1 Å². The van der Waals surface area contributed by atoms with Crippen molar-refractivity contribution in [3.8, 4) is 0 Å². The maximum absolute atomic E-state index is 5.20. The van der Waals surface area contributed by atoms with E-state index < -0.39 is 0 Å². The van der Waals surface area contributed by atoms with Gasteiger partial charge in [-0.1, -0.05) is 13.8 Å². The number of hydrogen-bond donors (Lipinski definition) is 1. The van der Waals surface area contributed by atoms with Gasteiger partial charge in [-0.2, -0.15) is 0 Å². The summed E-state index contributed by atoms with van der Waals surface area (Å²) < 4.78 is 5.20. The smallest absolute Gasteiger partial charge is 0.0589 e. The van der Waals surface area contributed by atoms with Crippen molar-refractivity contribution >= 4 is 0 Å². The van der Waals surface area contributed by atoms with Crippen molar-refractivity contribution in [1.29, 1.82) is 0 Å². The zero-order valence-electron chi connectivity index (χ0n) is 11.3. The normalized spacial score (nSPS) is 26.6. The topological polar surface area (TPSA) is 24.5 Å². The van der Waals surface area contributed by atoms with E-state index in [1.807, 2.05) is 0 Å². The van der Waals surface area contributed by atoms with Crippen LogP contribution in [0.2, 0.25) is 0 Å². The van der Waals surface area contributed by atoms with Crippen LogP contribution in [0.5, 0.6) is 0 Å². The first kappa shape index (κ1) is 13.9. The van der Waals surface area contributed by atoms with Gasteiger partial charge in [-0.05, 0) is 25.7 Å². The van der Waals surface area contributed by atoms with E-state index in [4.69, 9.17) is 4.74 Å². The molecule has 0 aromatic heterocycles. The van der Waals surface area contributed by atoms with Crippen molar-refractivity contribution in [3.05, 3.63) is 0 Å². The van der Waals surface area contributed by atoms with Gasteiger partial charge in [-0.15, -0.1) is 0 Å². The molecule has 0 aliphatic carbocycles. The molecule has 16 heavy (non-hydrogen) atoms. The molecule has 0 aromatic rings. The quantitative estimate of drug-likeness (QED) is 0.749. The average Bonchev–Trinajstić information content (AvgIpc) is 2.25. The summed E-state index contributed by atoms with van der Waals surface area (Å²) in [5.41, 5.74) is 0. The molecule has 0 saturated carbocycles. The molecular formula is C13H28N2O. The highest BCUT2D eigenvalue weighted by Gasteiger charge is 2.23. The third kappa shape index (κ3) is 4.81. The van der Waals surface area contributed by atoms with Crippen LogP contribution in [0, 0.1) is 5.92 Å². The van der Waals surface area contributed by atoms with Crippen LogP contribution in [0.3, 0.4) is 0 Å². The van der Waals surface area contributed by atoms with Gasteiger partial charge in [0.05, 0.1) is 6.61 Å². The summed E-state index contributed by atoms with van der Waals surface area (Å²) in [5.74, 6) is 0.733. The fourth-order valence-electron chi connectivity index (χ4n) is 2.40. The van der Waals surface area contributed by atoms with Gasteiger partial charge in [-0.3, -0.25) is 4.90 Å². The summed E-state index contributed by atoms with van der Waals surface area (Å²) in [4.78, 5) is 2.59. The van der Waals surface area contributed by atoms with Crippen LogP contribution >= 0.6 is 0 Å². The van der Waals surface area contributed by atoms with Crippen LogP contribution in [0.4, 0.5) is 0 Å². The minimum Gasteiger partial charge on any atom is -0.383 e. The van der Waals surface area contributed by atoms with Gasteiger partial charge in [0.2, 0.25) is 0 Å². The summed E-state index contributed by atoms with van der Waals surface area (Å²) in [7, 11) is 1.79. The van der Waals surface area contributed by atoms with Crippen molar-refractivity contribution in [2.45, 2.75) is 45.7 Å². The number of nitrogens with one attached hydrogen (secondary N) is 1. The summed E-state index contributed by atoms with van der Waals surface area (Å²) in [6.07, 6.45) is 2.62. The second-order valence-corrected chi connectivity index (χ2v) is 5.42. The van der Waals surface area contributed by atoms with Crippen molar-refractivity contribution in [2.75, 3.05) is 33.4 Å². The van der Waals surface area contributed by atoms with Crippen LogP contribution in [-0.4, -0.2) is 50.3 Å². The number of ether oxygens (including phenoxy) is 1. The molecule has 2 unspecified atom stereocenters. The fourth-order valence-corrected chi connectivity index (χ4v) is 2.40. The van der Waals surface area contributed by atoms with Crippen molar-refractivity contribution in [1.82, 2.24) is 10.2 Å². The van der Waals surface area contributed by atoms with E-state index in [1.165, 1.54) is 19.4 Å². The molecule has 0 bridgehead atoms. The van der Waals surface area contributed by atoms with Crippen LogP contribution in [-0.2, 0) is 4.74 Å². The predicted molar refractivity (Wildman–Crippen MR) is 68.8 cm³/mol. The molecule has 1 rings (SSSR count). The number of rotatable bonds is 6. The molecule has 1 N–H and O–H groups in total. The SMILES string of the molecule is COCCN(CC(C)C)C1CCC(C)NC1. The van der Waals surface area contributed by atoms with Gasteiger partial charge >= 0.3 is 0 Å². The Balaban J connectivity index is 2.40. The zero-order valence-corrected chi connectivity index (χ0v) is 11.3. The van der Waals surface area contributed by atoms with Crippen LogP contribution in [0.25, 0.3) is 0 Å². The molecule has 0 amide bonds. The highest BCUT2D eigenvalue weighted by molar-refractivity contribution is 4.82. The van der Waals surface area contributed by atoms with Crippen molar-refractivity contribution in [3.63, 3.8) is 0 Å². The number of nitrogens with zero attached hydrogens (tertiary/aromatic N) is 1. The lowest BCUT2D eigenvalue weighted by molar-refractivity contribution is 0.0931. The highest BCUT2D eigenvalue weighted by atomic mass is 16.5. The fraction of sp³-hybridized carbons (Fsp3) is 1.00. The van der Waals surface area contributed by atoms with Gasteiger partial charge in [0.15, 0.2) is 0 Å². The Bertz CT molecular complexity index is 177. The van der Waals surface area contributed by atoms with E-state index in [0.29, 0.717) is 12.1 Å². The largest absolute Gasteiger partial charge is 0.383 e. The van der Waals surface area contributed by atoms with E-state index in [1.54, 1.807) is 7.11 Å². The first-order valence-corrected chi connectivity index (χ1v) is 6.59. The molecule has 1 aliphatic rings. The van der Waals surface area contributed by atoms with Crippen molar-refractivity contribution in [2.24, 2.45) is 5.92 Å². The number of piperidine rings is 1. The Kier molecular flexibility index (Phi) is 6.32. The molecule has 96 valence electrons. The van der Waals surface area contributed by atoms with Gasteiger partial charge in [0.25, 0.3) is 0 Å². The number of hydrogen-bond acceptors (Lipinski definition) is 3. The van der Waals surface area contributed by atoms with E-state index in [-0.39, 0.29) is 0 Å². The molecule has 1 aliphatic heterocycles. The van der Waals surface area contributed by atoms with Gasteiger partial charge in [0.1, 0.15) is 0 Å². The van der Waals surface area contributed by atoms with Crippen molar-refractivity contribution < 1.29 is 4.74 Å². The third-order valence-corrected chi connectivity index (χ3v) is 3.33. The monoisotopic (exact) mass is 228 g/mol. The second kappa shape index (κ2) is 7.25. The van der Waals surface area contributed by atoms with Gasteiger partial charge in [-0.25, -0.2) is 0 Å². The van der Waals surface area contributed by atoms with E-state index >= 15 is 0 Å². The lowest BCUT2D eigenvalue weighted by atomic mass is 9.99.